The molecule has 0 amide bonds. The first-order chi connectivity index (χ1) is 18.9. The molecule has 4 aromatic rings. The monoisotopic (exact) mass is 540 g/mol. The molecule has 0 spiro atoms. The third-order valence-corrected chi connectivity index (χ3v) is 7.56. The van der Waals surface area contributed by atoms with Crippen LogP contribution in [0.2, 0.25) is 5.02 Å². The van der Waals surface area contributed by atoms with Gasteiger partial charge in [-0.2, -0.15) is 0 Å². The number of benzene rings is 3. The van der Waals surface area contributed by atoms with Crippen LogP contribution in [0.4, 0.5) is 0 Å². The summed E-state index contributed by atoms with van der Waals surface area (Å²) in [6.45, 7) is 13.2. The molecular weight excluding hydrogens is 500 g/mol. The number of nitrogens with zero attached hydrogens (tertiary/aromatic N) is 2. The molecule has 0 bridgehead atoms. The molecule has 1 heterocycles. The topological polar surface area (TPSA) is 25.4 Å². The Labute approximate surface area is 239 Å². The minimum atomic E-state index is 0.0659. The lowest BCUT2D eigenvalue weighted by molar-refractivity contribution is 0.223. The molecular formula is C35H41ClN2O. The normalized spacial score (nSPS) is 11.4. The van der Waals surface area contributed by atoms with Gasteiger partial charge < -0.3 is 4.74 Å². The van der Waals surface area contributed by atoms with E-state index >= 15 is 0 Å². The fraction of sp³-hybridized carbons (Fsp3) is 0.343. The van der Waals surface area contributed by atoms with E-state index in [1.54, 1.807) is 0 Å². The van der Waals surface area contributed by atoms with E-state index in [1.165, 1.54) is 27.8 Å². The zero-order valence-corrected chi connectivity index (χ0v) is 24.8. The number of aromatic nitrogens is 1. The van der Waals surface area contributed by atoms with E-state index in [9.17, 15) is 0 Å². The molecule has 0 aliphatic carbocycles. The van der Waals surface area contributed by atoms with Crippen molar-refractivity contribution < 1.29 is 4.74 Å². The summed E-state index contributed by atoms with van der Waals surface area (Å²) in [7, 11) is 0. The summed E-state index contributed by atoms with van der Waals surface area (Å²) < 4.78 is 6.48. The molecule has 204 valence electrons. The van der Waals surface area contributed by atoms with Crippen LogP contribution in [0.5, 0.6) is 5.75 Å². The Hall–Kier alpha value is -3.14. The zero-order chi connectivity index (χ0) is 27.8. The number of ether oxygens (including phenoxy) is 1. The van der Waals surface area contributed by atoms with Gasteiger partial charge in [-0.15, -0.1) is 0 Å². The van der Waals surface area contributed by atoms with Crippen LogP contribution in [0, 0.1) is 6.92 Å². The van der Waals surface area contributed by atoms with Crippen molar-refractivity contribution in [2.45, 2.75) is 73.1 Å². The molecule has 3 aromatic carbocycles. The fourth-order valence-corrected chi connectivity index (χ4v) is 5.41. The summed E-state index contributed by atoms with van der Waals surface area (Å²) >= 11 is 6.51. The van der Waals surface area contributed by atoms with Crippen LogP contribution in [0.25, 0.3) is 11.3 Å². The minimum absolute atomic E-state index is 0.0659. The second-order valence-electron chi connectivity index (χ2n) is 10.4. The second-order valence-corrected chi connectivity index (χ2v) is 10.8. The fourth-order valence-electron chi connectivity index (χ4n) is 5.18. The third kappa shape index (κ3) is 7.50. The molecule has 1 aromatic heterocycles. The summed E-state index contributed by atoms with van der Waals surface area (Å²) in [5.41, 5.74) is 9.54. The van der Waals surface area contributed by atoms with Crippen LogP contribution in [0.3, 0.4) is 0 Å². The van der Waals surface area contributed by atoms with Crippen molar-refractivity contribution in [1.82, 2.24) is 9.88 Å². The molecule has 0 saturated heterocycles. The van der Waals surface area contributed by atoms with E-state index in [0.29, 0.717) is 0 Å². The number of halogens is 1. The SMILES string of the molecule is CCc1cccc(CC)c1-c1cc(OC(C)C)c(CN(CCc2ccccc2Cl)Cc2ccccc2)c(C)n1. The van der Waals surface area contributed by atoms with Crippen molar-refractivity contribution in [1.29, 1.82) is 0 Å². The van der Waals surface area contributed by atoms with Gasteiger partial charge in [-0.25, -0.2) is 0 Å². The molecule has 0 aliphatic rings. The van der Waals surface area contributed by atoms with Crippen molar-refractivity contribution in [2.24, 2.45) is 0 Å². The van der Waals surface area contributed by atoms with E-state index in [0.717, 1.165) is 66.6 Å². The highest BCUT2D eigenvalue weighted by atomic mass is 35.5. The van der Waals surface area contributed by atoms with Crippen molar-refractivity contribution in [3.63, 3.8) is 0 Å². The molecule has 0 radical (unpaired) electrons. The largest absolute Gasteiger partial charge is 0.491 e. The molecule has 39 heavy (non-hydrogen) atoms. The first-order valence-corrected chi connectivity index (χ1v) is 14.5. The lowest BCUT2D eigenvalue weighted by Crippen LogP contribution is -2.26. The van der Waals surface area contributed by atoms with Crippen LogP contribution in [-0.2, 0) is 32.4 Å². The van der Waals surface area contributed by atoms with Crippen molar-refractivity contribution in [3.05, 3.63) is 117 Å². The Morgan fingerprint density at radius 1 is 0.821 bits per heavy atom. The van der Waals surface area contributed by atoms with Gasteiger partial charge in [-0.3, -0.25) is 9.88 Å². The predicted octanol–water partition coefficient (Wildman–Crippen LogP) is 8.87. The van der Waals surface area contributed by atoms with Crippen molar-refractivity contribution >= 4 is 11.6 Å². The van der Waals surface area contributed by atoms with Crippen LogP contribution in [0.1, 0.15) is 61.2 Å². The smallest absolute Gasteiger partial charge is 0.128 e. The maximum atomic E-state index is 6.51. The Balaban J connectivity index is 1.72. The van der Waals surface area contributed by atoms with E-state index in [-0.39, 0.29) is 6.10 Å². The molecule has 0 saturated carbocycles. The van der Waals surface area contributed by atoms with Gasteiger partial charge in [0.1, 0.15) is 5.75 Å². The van der Waals surface area contributed by atoms with Crippen LogP contribution in [-0.4, -0.2) is 22.5 Å². The zero-order valence-electron chi connectivity index (χ0n) is 24.0. The molecule has 4 heteroatoms. The quantitative estimate of drug-likeness (QED) is 0.179. The average Bonchev–Trinajstić information content (AvgIpc) is 2.93. The Morgan fingerprint density at radius 2 is 1.46 bits per heavy atom. The summed E-state index contributed by atoms with van der Waals surface area (Å²) in [5, 5.41) is 0.824. The maximum Gasteiger partial charge on any atom is 0.128 e. The third-order valence-electron chi connectivity index (χ3n) is 7.19. The van der Waals surface area contributed by atoms with Crippen LogP contribution >= 0.6 is 11.6 Å². The first-order valence-electron chi connectivity index (χ1n) is 14.2. The first kappa shape index (κ1) is 28.9. The molecule has 0 aliphatic heterocycles. The van der Waals surface area contributed by atoms with Gasteiger partial charge in [0, 0.05) is 47.5 Å². The molecule has 0 atom stereocenters. The molecule has 0 fully saturated rings. The number of aryl methyl sites for hydroxylation is 3. The summed E-state index contributed by atoms with van der Waals surface area (Å²) in [5.74, 6) is 0.927. The lowest BCUT2D eigenvalue weighted by Gasteiger charge is -2.26. The summed E-state index contributed by atoms with van der Waals surface area (Å²) in [6.07, 6.45) is 2.88. The molecule has 0 N–H and O–H groups in total. The molecule has 4 rings (SSSR count). The Bertz CT molecular complexity index is 1340. The standard InChI is InChI=1S/C35H41ClN2O/c1-6-28-17-13-18-29(7-2)35(28)33-22-34(39-25(3)4)31(26(5)37-33)24-38(23-27-14-9-8-10-15-27)21-20-30-16-11-12-19-32(30)36/h8-19,22,25H,6-7,20-21,23-24H2,1-5H3. The highest BCUT2D eigenvalue weighted by Crippen LogP contribution is 2.34. The maximum absolute atomic E-state index is 6.51. The van der Waals surface area contributed by atoms with Crippen LogP contribution in [0.15, 0.2) is 78.9 Å². The molecule has 3 nitrogen and oxygen atoms in total. The predicted molar refractivity (Wildman–Crippen MR) is 165 cm³/mol. The number of pyridine rings is 1. The van der Waals surface area contributed by atoms with Gasteiger partial charge in [0.05, 0.1) is 11.8 Å². The summed E-state index contributed by atoms with van der Waals surface area (Å²) in [4.78, 5) is 7.67. The van der Waals surface area contributed by atoms with E-state index in [4.69, 9.17) is 21.3 Å². The highest BCUT2D eigenvalue weighted by molar-refractivity contribution is 6.31. The molecule has 0 unspecified atom stereocenters. The highest BCUT2D eigenvalue weighted by Gasteiger charge is 2.20. The van der Waals surface area contributed by atoms with Gasteiger partial charge in [0.2, 0.25) is 0 Å². The van der Waals surface area contributed by atoms with Crippen LogP contribution < -0.4 is 4.74 Å². The Morgan fingerprint density at radius 3 is 2.10 bits per heavy atom. The average molecular weight is 541 g/mol. The van der Waals surface area contributed by atoms with Crippen molar-refractivity contribution in [3.8, 4) is 17.0 Å². The lowest BCUT2D eigenvalue weighted by atomic mass is 9.94. The summed E-state index contributed by atoms with van der Waals surface area (Å²) in [6, 6.07) is 27.6. The Kier molecular flexibility index (Phi) is 10.2. The number of rotatable bonds is 12. The van der Waals surface area contributed by atoms with Crippen molar-refractivity contribution in [2.75, 3.05) is 6.54 Å². The van der Waals surface area contributed by atoms with E-state index < -0.39 is 0 Å². The van der Waals surface area contributed by atoms with Gasteiger partial charge in [-0.05, 0) is 68.4 Å². The van der Waals surface area contributed by atoms with E-state index in [2.05, 4.69) is 106 Å². The van der Waals surface area contributed by atoms with Gasteiger partial charge >= 0.3 is 0 Å². The van der Waals surface area contributed by atoms with Gasteiger partial charge in [-0.1, -0.05) is 92.2 Å². The number of hydrogen-bond acceptors (Lipinski definition) is 3. The number of hydrogen-bond donors (Lipinski definition) is 0. The second kappa shape index (κ2) is 13.8. The van der Waals surface area contributed by atoms with Gasteiger partial charge in [0.25, 0.3) is 0 Å². The van der Waals surface area contributed by atoms with E-state index in [1.807, 2.05) is 12.1 Å². The van der Waals surface area contributed by atoms with Gasteiger partial charge in [0.15, 0.2) is 0 Å². The minimum Gasteiger partial charge on any atom is -0.491 e.